The maximum absolute atomic E-state index is 13.3. The normalized spacial score (nSPS) is 22.2. The lowest BCUT2D eigenvalue weighted by molar-refractivity contribution is -0.121. The molecule has 1 amide bonds. The van der Waals surface area contributed by atoms with Crippen molar-refractivity contribution in [2.45, 2.75) is 52.9 Å². The molecule has 1 aliphatic carbocycles. The molecule has 0 spiro atoms. The highest BCUT2D eigenvalue weighted by atomic mass is 16.3. The summed E-state index contributed by atoms with van der Waals surface area (Å²) in [6.45, 7) is 8.27. The lowest BCUT2D eigenvalue weighted by atomic mass is 9.70. The number of rotatable bonds is 2. The van der Waals surface area contributed by atoms with Crippen molar-refractivity contribution in [3.63, 3.8) is 0 Å². The molecule has 2 heterocycles. The predicted octanol–water partition coefficient (Wildman–Crippen LogP) is 5.06. The molecule has 4 heteroatoms. The van der Waals surface area contributed by atoms with E-state index in [1.165, 1.54) is 0 Å². The molecular weight excluding hydrogens is 338 g/mol. The third-order valence-electron chi connectivity index (χ3n) is 5.85. The van der Waals surface area contributed by atoms with E-state index in [4.69, 9.17) is 4.42 Å². The molecule has 0 radical (unpaired) electrons. The Kier molecular flexibility index (Phi) is 4.10. The van der Waals surface area contributed by atoms with Crippen molar-refractivity contribution < 1.29 is 14.0 Å². The van der Waals surface area contributed by atoms with Crippen LogP contribution in [0, 0.1) is 19.3 Å². The molecule has 0 fully saturated rings. The van der Waals surface area contributed by atoms with Gasteiger partial charge in [-0.2, -0.15) is 0 Å². The molecule has 0 saturated carbocycles. The first kappa shape index (κ1) is 17.8. The number of carbonyl (C=O) groups is 2. The summed E-state index contributed by atoms with van der Waals surface area (Å²) in [6, 6.07) is 9.67. The van der Waals surface area contributed by atoms with Crippen molar-refractivity contribution in [1.29, 1.82) is 0 Å². The van der Waals surface area contributed by atoms with Crippen molar-refractivity contribution in [2.24, 2.45) is 5.41 Å². The number of benzene rings is 1. The van der Waals surface area contributed by atoms with Gasteiger partial charge in [0.2, 0.25) is 5.91 Å². The van der Waals surface area contributed by atoms with Gasteiger partial charge >= 0.3 is 0 Å². The smallest absolute Gasteiger partial charge is 0.232 e. The average Bonchev–Trinajstić information content (AvgIpc) is 3.10. The Balaban J connectivity index is 1.94. The number of nitrogens with zero attached hydrogens (tertiary/aromatic N) is 1. The van der Waals surface area contributed by atoms with Gasteiger partial charge in [0, 0.05) is 24.1 Å². The average molecular weight is 363 g/mol. The summed E-state index contributed by atoms with van der Waals surface area (Å²) in [4.78, 5) is 28.2. The van der Waals surface area contributed by atoms with Gasteiger partial charge in [0.25, 0.3) is 0 Å². The summed E-state index contributed by atoms with van der Waals surface area (Å²) >= 11 is 0. The van der Waals surface area contributed by atoms with Crippen molar-refractivity contribution in [3.05, 3.63) is 64.8 Å². The second-order valence-electron chi connectivity index (χ2n) is 8.52. The SMILES string of the molecule is Cc1cccc(N2C(=O)CC(c3ccco3)C3=C2CC(C)(C)CC3=O)c1C. The largest absolute Gasteiger partial charge is 0.469 e. The number of allylic oxidation sites excluding steroid dienone is 2. The number of furan rings is 1. The zero-order chi connectivity index (χ0) is 19.3. The Morgan fingerprint density at radius 3 is 2.56 bits per heavy atom. The molecule has 1 aromatic heterocycles. The standard InChI is InChI=1S/C23H25NO3/c1-14-7-5-8-17(15(14)2)24-18-12-23(3,4)13-19(25)22(18)16(11-21(24)26)20-9-6-10-27-20/h5-10,16H,11-13H2,1-4H3. The molecule has 4 nitrogen and oxygen atoms in total. The second kappa shape index (κ2) is 6.22. The maximum Gasteiger partial charge on any atom is 0.232 e. The van der Waals surface area contributed by atoms with Gasteiger partial charge in [-0.3, -0.25) is 14.5 Å². The lowest BCUT2D eigenvalue weighted by Gasteiger charge is -2.42. The van der Waals surface area contributed by atoms with Crippen molar-refractivity contribution >= 4 is 17.4 Å². The first-order chi connectivity index (χ1) is 12.8. The van der Waals surface area contributed by atoms with Gasteiger partial charge in [0.15, 0.2) is 5.78 Å². The fourth-order valence-electron chi connectivity index (χ4n) is 4.41. The lowest BCUT2D eigenvalue weighted by Crippen LogP contribution is -2.44. The molecule has 2 aliphatic rings. The minimum atomic E-state index is -0.285. The van der Waals surface area contributed by atoms with Crippen LogP contribution < -0.4 is 4.90 Å². The van der Waals surface area contributed by atoms with E-state index in [1.54, 1.807) is 11.2 Å². The summed E-state index contributed by atoms with van der Waals surface area (Å²) < 4.78 is 5.60. The Morgan fingerprint density at radius 2 is 1.85 bits per heavy atom. The van der Waals surface area contributed by atoms with Crippen LogP contribution in [0.1, 0.15) is 55.9 Å². The number of carbonyl (C=O) groups excluding carboxylic acids is 2. The maximum atomic E-state index is 13.3. The molecule has 1 unspecified atom stereocenters. The summed E-state index contributed by atoms with van der Waals surface area (Å²) in [6.07, 6.45) is 3.06. The van der Waals surface area contributed by atoms with E-state index >= 15 is 0 Å². The zero-order valence-electron chi connectivity index (χ0n) is 16.3. The molecule has 0 saturated heterocycles. The number of hydrogen-bond donors (Lipinski definition) is 0. The van der Waals surface area contributed by atoms with Gasteiger partial charge in [0.05, 0.1) is 17.9 Å². The number of Topliss-reactive ketones (excluding diaryl/α,β-unsaturated/α-hetero) is 1. The summed E-state index contributed by atoms with van der Waals surface area (Å²) in [7, 11) is 0. The van der Waals surface area contributed by atoms with Crippen LogP contribution in [0.25, 0.3) is 0 Å². The third kappa shape index (κ3) is 2.93. The van der Waals surface area contributed by atoms with Crippen LogP contribution in [0.4, 0.5) is 5.69 Å². The summed E-state index contributed by atoms with van der Waals surface area (Å²) in [5.41, 5.74) is 4.53. The van der Waals surface area contributed by atoms with Crippen molar-refractivity contribution in [1.82, 2.24) is 0 Å². The van der Waals surface area contributed by atoms with Crippen LogP contribution in [-0.4, -0.2) is 11.7 Å². The zero-order valence-corrected chi connectivity index (χ0v) is 16.3. The molecule has 1 aliphatic heterocycles. The first-order valence-electron chi connectivity index (χ1n) is 9.47. The van der Waals surface area contributed by atoms with Gasteiger partial charge in [0.1, 0.15) is 5.76 Å². The van der Waals surface area contributed by atoms with Crippen LogP contribution in [0.5, 0.6) is 0 Å². The molecule has 4 rings (SSSR count). The van der Waals surface area contributed by atoms with Gasteiger partial charge in [-0.05, 0) is 55.0 Å². The fourth-order valence-corrected chi connectivity index (χ4v) is 4.41. The molecular formula is C23H25NO3. The van der Waals surface area contributed by atoms with Crippen LogP contribution in [0.3, 0.4) is 0 Å². The highest BCUT2D eigenvalue weighted by Gasteiger charge is 2.45. The van der Waals surface area contributed by atoms with E-state index < -0.39 is 0 Å². The quantitative estimate of drug-likeness (QED) is 0.749. The number of aryl methyl sites for hydroxylation is 1. The number of ketones is 1. The number of anilines is 1. The monoisotopic (exact) mass is 363 g/mol. The second-order valence-corrected chi connectivity index (χ2v) is 8.52. The van der Waals surface area contributed by atoms with Crippen LogP contribution in [0.2, 0.25) is 0 Å². The van der Waals surface area contributed by atoms with Crippen LogP contribution >= 0.6 is 0 Å². The molecule has 0 bridgehead atoms. The van der Waals surface area contributed by atoms with E-state index in [0.717, 1.165) is 28.1 Å². The molecule has 27 heavy (non-hydrogen) atoms. The Hall–Kier alpha value is -2.62. The minimum absolute atomic E-state index is 0.0225. The Labute approximate surface area is 159 Å². The number of hydrogen-bond acceptors (Lipinski definition) is 3. The van der Waals surface area contributed by atoms with E-state index in [2.05, 4.69) is 13.8 Å². The van der Waals surface area contributed by atoms with Gasteiger partial charge in [-0.25, -0.2) is 0 Å². The predicted molar refractivity (Wildman–Crippen MR) is 105 cm³/mol. The first-order valence-corrected chi connectivity index (χ1v) is 9.47. The van der Waals surface area contributed by atoms with Crippen molar-refractivity contribution in [3.8, 4) is 0 Å². The molecule has 1 aromatic carbocycles. The van der Waals surface area contributed by atoms with Gasteiger partial charge in [-0.1, -0.05) is 26.0 Å². The van der Waals surface area contributed by atoms with E-state index in [9.17, 15) is 9.59 Å². The summed E-state index contributed by atoms with van der Waals surface area (Å²) in [5.74, 6) is 0.566. The Bertz CT molecular complexity index is 950. The van der Waals surface area contributed by atoms with Crippen molar-refractivity contribution in [2.75, 3.05) is 4.90 Å². The molecule has 0 N–H and O–H groups in total. The van der Waals surface area contributed by atoms with E-state index in [-0.39, 0.29) is 29.4 Å². The fraction of sp³-hybridized carbons (Fsp3) is 0.391. The van der Waals surface area contributed by atoms with Crippen LogP contribution in [-0.2, 0) is 9.59 Å². The minimum Gasteiger partial charge on any atom is -0.469 e. The number of amides is 1. The highest BCUT2D eigenvalue weighted by Crippen LogP contribution is 2.48. The van der Waals surface area contributed by atoms with E-state index in [0.29, 0.717) is 18.6 Å². The highest BCUT2D eigenvalue weighted by molar-refractivity contribution is 6.08. The van der Waals surface area contributed by atoms with Crippen LogP contribution in [0.15, 0.2) is 52.3 Å². The van der Waals surface area contributed by atoms with Gasteiger partial charge < -0.3 is 4.42 Å². The summed E-state index contributed by atoms with van der Waals surface area (Å²) in [5, 5.41) is 0. The Morgan fingerprint density at radius 1 is 1.07 bits per heavy atom. The molecule has 2 aromatic rings. The topological polar surface area (TPSA) is 50.5 Å². The van der Waals surface area contributed by atoms with E-state index in [1.807, 2.05) is 44.2 Å². The third-order valence-corrected chi connectivity index (χ3v) is 5.85. The molecule has 1 atom stereocenters. The van der Waals surface area contributed by atoms with Gasteiger partial charge in [-0.15, -0.1) is 0 Å². The molecule has 140 valence electrons.